The Hall–Kier alpha value is -0.940. The zero-order valence-corrected chi connectivity index (χ0v) is 11.9. The first-order valence-corrected chi connectivity index (χ1v) is 7.29. The van der Waals surface area contributed by atoms with Crippen molar-refractivity contribution in [1.82, 2.24) is 15.0 Å². The van der Waals surface area contributed by atoms with Crippen molar-refractivity contribution in [3.05, 3.63) is 11.7 Å². The molecule has 3 heterocycles. The monoisotopic (exact) mass is 265 g/mol. The van der Waals surface area contributed by atoms with Crippen LogP contribution in [0.1, 0.15) is 50.7 Å². The van der Waals surface area contributed by atoms with E-state index < -0.39 is 0 Å². The van der Waals surface area contributed by atoms with Crippen molar-refractivity contribution < 1.29 is 9.26 Å². The van der Waals surface area contributed by atoms with Gasteiger partial charge in [0.1, 0.15) is 0 Å². The molecule has 0 saturated carbocycles. The minimum absolute atomic E-state index is 0.304. The van der Waals surface area contributed by atoms with Gasteiger partial charge in [0.2, 0.25) is 5.89 Å². The largest absolute Gasteiger partial charge is 0.381 e. The molecule has 3 rings (SSSR count). The lowest BCUT2D eigenvalue weighted by Crippen LogP contribution is -2.34. The van der Waals surface area contributed by atoms with Crippen LogP contribution in [0, 0.1) is 5.41 Å². The Bertz CT molecular complexity index is 424. The minimum atomic E-state index is 0.304. The van der Waals surface area contributed by atoms with E-state index in [1.165, 1.54) is 19.3 Å². The van der Waals surface area contributed by atoms with Crippen LogP contribution in [0.4, 0.5) is 0 Å². The fourth-order valence-corrected chi connectivity index (χ4v) is 3.16. The Labute approximate surface area is 114 Å². The normalized spacial score (nSPS) is 28.6. The lowest BCUT2D eigenvalue weighted by molar-refractivity contribution is -0.00261. The standard InChI is InChI=1S/C14H23N3O2/c1-11(2)13-15-12(16-19-13)8-17-6-5-14(9-17)4-3-7-18-10-14/h11H,3-10H2,1-2H3. The fraction of sp³-hybridized carbons (Fsp3) is 0.857. The SMILES string of the molecule is CC(C)c1nc(CN2CCC3(CCCOC3)C2)no1. The Morgan fingerprint density at radius 3 is 2.95 bits per heavy atom. The number of aromatic nitrogens is 2. The van der Waals surface area contributed by atoms with Crippen LogP contribution in [0.3, 0.4) is 0 Å². The number of hydrogen-bond donors (Lipinski definition) is 0. The molecule has 1 aromatic heterocycles. The fourth-order valence-electron chi connectivity index (χ4n) is 3.16. The maximum absolute atomic E-state index is 5.66. The lowest BCUT2D eigenvalue weighted by atomic mass is 9.82. The van der Waals surface area contributed by atoms with Crippen molar-refractivity contribution >= 4 is 0 Å². The highest BCUT2D eigenvalue weighted by Gasteiger charge is 2.39. The number of ether oxygens (including phenoxy) is 1. The molecule has 2 aliphatic heterocycles. The quantitative estimate of drug-likeness (QED) is 0.838. The summed E-state index contributed by atoms with van der Waals surface area (Å²) in [7, 11) is 0. The van der Waals surface area contributed by atoms with Gasteiger partial charge in [-0.2, -0.15) is 4.98 Å². The summed E-state index contributed by atoms with van der Waals surface area (Å²) >= 11 is 0. The Morgan fingerprint density at radius 1 is 1.37 bits per heavy atom. The molecular formula is C14H23N3O2. The van der Waals surface area contributed by atoms with Crippen molar-refractivity contribution in [2.45, 2.75) is 45.6 Å². The number of nitrogens with zero attached hydrogens (tertiary/aromatic N) is 3. The number of hydrogen-bond acceptors (Lipinski definition) is 5. The topological polar surface area (TPSA) is 51.4 Å². The molecule has 2 fully saturated rings. The van der Waals surface area contributed by atoms with Crippen LogP contribution in [-0.2, 0) is 11.3 Å². The smallest absolute Gasteiger partial charge is 0.229 e. The van der Waals surface area contributed by atoms with Gasteiger partial charge in [0.15, 0.2) is 5.82 Å². The summed E-state index contributed by atoms with van der Waals surface area (Å²) in [4.78, 5) is 6.89. The Balaban J connectivity index is 1.58. The zero-order valence-electron chi connectivity index (χ0n) is 11.9. The van der Waals surface area contributed by atoms with Crippen molar-refractivity contribution in [3.63, 3.8) is 0 Å². The summed E-state index contributed by atoms with van der Waals surface area (Å²) in [6.07, 6.45) is 3.74. The molecule has 5 heteroatoms. The van der Waals surface area contributed by atoms with Gasteiger partial charge < -0.3 is 9.26 Å². The minimum Gasteiger partial charge on any atom is -0.381 e. The van der Waals surface area contributed by atoms with Gasteiger partial charge in [-0.05, 0) is 25.8 Å². The van der Waals surface area contributed by atoms with Gasteiger partial charge in [-0.15, -0.1) is 0 Å². The molecule has 1 unspecified atom stereocenters. The molecule has 0 aromatic carbocycles. The predicted octanol–water partition coefficient (Wildman–Crippen LogP) is 2.20. The van der Waals surface area contributed by atoms with Crippen molar-refractivity contribution in [2.75, 3.05) is 26.3 Å². The molecular weight excluding hydrogens is 242 g/mol. The van der Waals surface area contributed by atoms with Gasteiger partial charge >= 0.3 is 0 Å². The molecule has 5 nitrogen and oxygen atoms in total. The van der Waals surface area contributed by atoms with Crippen LogP contribution in [0.5, 0.6) is 0 Å². The molecule has 0 bridgehead atoms. The first kappa shape index (κ1) is 13.1. The molecule has 0 amide bonds. The molecule has 1 atom stereocenters. The Kier molecular flexibility index (Phi) is 3.58. The molecule has 0 radical (unpaired) electrons. The summed E-state index contributed by atoms with van der Waals surface area (Å²) < 4.78 is 10.9. The van der Waals surface area contributed by atoms with E-state index in [1.807, 2.05) is 0 Å². The van der Waals surface area contributed by atoms with E-state index in [9.17, 15) is 0 Å². The van der Waals surface area contributed by atoms with Crippen molar-refractivity contribution in [3.8, 4) is 0 Å². The second kappa shape index (κ2) is 5.21. The average Bonchev–Trinajstić information content (AvgIpc) is 2.99. The van der Waals surface area contributed by atoms with Crippen LogP contribution < -0.4 is 0 Å². The molecule has 19 heavy (non-hydrogen) atoms. The highest BCUT2D eigenvalue weighted by atomic mass is 16.5. The van der Waals surface area contributed by atoms with E-state index in [1.54, 1.807) is 0 Å². The van der Waals surface area contributed by atoms with E-state index >= 15 is 0 Å². The Morgan fingerprint density at radius 2 is 2.26 bits per heavy atom. The van der Waals surface area contributed by atoms with E-state index in [-0.39, 0.29) is 0 Å². The molecule has 106 valence electrons. The summed E-state index contributed by atoms with van der Waals surface area (Å²) in [6, 6.07) is 0. The second-order valence-corrected chi connectivity index (χ2v) is 6.32. The van der Waals surface area contributed by atoms with Crippen LogP contribution in [0.25, 0.3) is 0 Å². The molecule has 2 saturated heterocycles. The van der Waals surface area contributed by atoms with Crippen molar-refractivity contribution in [2.24, 2.45) is 5.41 Å². The van der Waals surface area contributed by atoms with E-state index in [2.05, 4.69) is 28.9 Å². The van der Waals surface area contributed by atoms with Crippen molar-refractivity contribution in [1.29, 1.82) is 0 Å². The molecule has 0 aliphatic carbocycles. The van der Waals surface area contributed by atoms with Gasteiger partial charge in [0.05, 0.1) is 13.2 Å². The van der Waals surface area contributed by atoms with Crippen LogP contribution in [-0.4, -0.2) is 41.3 Å². The lowest BCUT2D eigenvalue weighted by Gasteiger charge is -2.33. The van der Waals surface area contributed by atoms with Gasteiger partial charge in [-0.3, -0.25) is 4.90 Å². The third kappa shape index (κ3) is 2.82. The molecule has 2 aliphatic rings. The van der Waals surface area contributed by atoms with E-state index in [0.29, 0.717) is 11.3 Å². The third-order valence-corrected chi connectivity index (χ3v) is 4.26. The van der Waals surface area contributed by atoms with Gasteiger partial charge in [-0.1, -0.05) is 19.0 Å². The van der Waals surface area contributed by atoms with Gasteiger partial charge in [-0.25, -0.2) is 0 Å². The van der Waals surface area contributed by atoms with Gasteiger partial charge in [0, 0.05) is 24.5 Å². The summed E-state index contributed by atoms with van der Waals surface area (Å²) in [5.41, 5.74) is 0.392. The van der Waals surface area contributed by atoms with Crippen LogP contribution >= 0.6 is 0 Å². The summed E-state index contributed by atoms with van der Waals surface area (Å²) in [5.74, 6) is 1.86. The maximum Gasteiger partial charge on any atom is 0.229 e. The molecule has 1 spiro atoms. The second-order valence-electron chi connectivity index (χ2n) is 6.32. The maximum atomic E-state index is 5.66. The number of likely N-dealkylation sites (tertiary alicyclic amines) is 1. The van der Waals surface area contributed by atoms with Gasteiger partial charge in [0.25, 0.3) is 0 Å². The highest BCUT2D eigenvalue weighted by Crippen LogP contribution is 2.38. The molecule has 0 N–H and O–H groups in total. The molecule has 1 aromatic rings. The summed E-state index contributed by atoms with van der Waals surface area (Å²) in [5, 5.41) is 4.08. The van der Waals surface area contributed by atoms with E-state index in [4.69, 9.17) is 9.26 Å². The first-order chi connectivity index (χ1) is 9.17. The predicted molar refractivity (Wildman–Crippen MR) is 70.8 cm³/mol. The highest BCUT2D eigenvalue weighted by molar-refractivity contribution is 4.95. The summed E-state index contributed by atoms with van der Waals surface area (Å²) in [6.45, 7) is 9.03. The van der Waals surface area contributed by atoms with E-state index in [0.717, 1.165) is 44.6 Å². The number of rotatable bonds is 3. The first-order valence-electron chi connectivity index (χ1n) is 7.29. The van der Waals surface area contributed by atoms with Crippen LogP contribution in [0.2, 0.25) is 0 Å². The zero-order chi connectivity index (χ0) is 13.3. The average molecular weight is 265 g/mol. The van der Waals surface area contributed by atoms with Crippen LogP contribution in [0.15, 0.2) is 4.52 Å². The third-order valence-electron chi connectivity index (χ3n) is 4.26.